The molecule has 1 heterocycles. The molecule has 0 aliphatic heterocycles. The number of halogens is 2. The van der Waals surface area contributed by atoms with E-state index in [4.69, 9.17) is 4.74 Å². The number of nitrogens with one attached hydrogen (secondary N) is 2. The number of likely N-dealkylation sites (N-methyl/N-ethyl adjacent to an activating group) is 1. The number of H-pyrrole nitrogens is 1. The third-order valence-electron chi connectivity index (χ3n) is 3.80. The molecule has 2 N–H and O–H groups in total. The van der Waals surface area contributed by atoms with E-state index in [0.29, 0.717) is 6.42 Å². The van der Waals surface area contributed by atoms with Crippen molar-refractivity contribution in [1.29, 1.82) is 0 Å². The molecule has 0 amide bonds. The largest absolute Gasteiger partial charge is 0.460 e. The number of ether oxygens (including phenoxy) is 1. The lowest BCUT2D eigenvalue weighted by atomic mass is 9.87. The van der Waals surface area contributed by atoms with Gasteiger partial charge in [0.1, 0.15) is 12.6 Å². The second-order valence-electron chi connectivity index (χ2n) is 6.66. The highest BCUT2D eigenvalue weighted by Crippen LogP contribution is 2.22. The number of benzene rings is 1. The summed E-state index contributed by atoms with van der Waals surface area (Å²) in [5.74, 6) is -0.268. The van der Waals surface area contributed by atoms with Gasteiger partial charge in [-0.2, -0.15) is 0 Å². The zero-order chi connectivity index (χ0) is 16.9. The van der Waals surface area contributed by atoms with Gasteiger partial charge in [0.25, 0.3) is 0 Å². The van der Waals surface area contributed by atoms with Gasteiger partial charge in [-0.3, -0.25) is 4.79 Å². The fourth-order valence-electron chi connectivity index (χ4n) is 2.27. The summed E-state index contributed by atoms with van der Waals surface area (Å²) >= 11 is 0. The van der Waals surface area contributed by atoms with E-state index in [1.807, 2.05) is 12.1 Å². The van der Waals surface area contributed by atoms with E-state index < -0.39 is 6.04 Å². The summed E-state index contributed by atoms with van der Waals surface area (Å²) < 4.78 is 5.42. The van der Waals surface area contributed by atoms with Crippen LogP contribution in [0.15, 0.2) is 36.8 Å². The molecule has 0 aliphatic rings. The molecule has 2 aromatic rings. The van der Waals surface area contributed by atoms with E-state index in [1.165, 1.54) is 5.56 Å². The van der Waals surface area contributed by atoms with Crippen LogP contribution >= 0.6 is 24.8 Å². The molecule has 5 nitrogen and oxygen atoms in total. The van der Waals surface area contributed by atoms with Crippen molar-refractivity contribution in [3.05, 3.63) is 53.6 Å². The van der Waals surface area contributed by atoms with Gasteiger partial charge in [-0.25, -0.2) is 4.98 Å². The van der Waals surface area contributed by atoms with Gasteiger partial charge < -0.3 is 15.0 Å². The minimum absolute atomic E-state index is 0. The summed E-state index contributed by atoms with van der Waals surface area (Å²) in [6, 6.07) is 7.80. The van der Waals surface area contributed by atoms with Gasteiger partial charge >= 0.3 is 5.97 Å². The van der Waals surface area contributed by atoms with Crippen LogP contribution in [0.3, 0.4) is 0 Å². The summed E-state index contributed by atoms with van der Waals surface area (Å²) in [5, 5.41) is 2.98. The van der Waals surface area contributed by atoms with Crippen molar-refractivity contribution in [2.75, 3.05) is 7.05 Å². The molecule has 0 radical (unpaired) electrons. The van der Waals surface area contributed by atoms with Crippen LogP contribution in [0.2, 0.25) is 0 Å². The summed E-state index contributed by atoms with van der Waals surface area (Å²) in [6.07, 6.45) is 3.88. The summed E-state index contributed by atoms with van der Waals surface area (Å²) in [7, 11) is 1.75. The van der Waals surface area contributed by atoms with Crippen LogP contribution in [-0.2, 0) is 28.0 Å². The molecule has 25 heavy (non-hydrogen) atoms. The topological polar surface area (TPSA) is 67.0 Å². The number of hydrogen-bond donors (Lipinski definition) is 2. The zero-order valence-corrected chi connectivity index (χ0v) is 16.7. The molecular weight excluding hydrogens is 361 g/mol. The average molecular weight is 388 g/mol. The number of rotatable bonds is 6. The van der Waals surface area contributed by atoms with Gasteiger partial charge in [-0.1, -0.05) is 45.0 Å². The number of carbonyl (C=O) groups excluding carboxylic acids is 1. The first-order valence-corrected chi connectivity index (χ1v) is 7.81. The van der Waals surface area contributed by atoms with Crippen LogP contribution in [-0.4, -0.2) is 29.0 Å². The minimum atomic E-state index is -0.396. The Kier molecular flexibility index (Phi) is 9.78. The predicted molar refractivity (Wildman–Crippen MR) is 105 cm³/mol. The number of aromatic amines is 1. The number of hydrogen-bond acceptors (Lipinski definition) is 4. The lowest BCUT2D eigenvalue weighted by Crippen LogP contribution is -2.37. The van der Waals surface area contributed by atoms with E-state index in [2.05, 4.69) is 48.2 Å². The van der Waals surface area contributed by atoms with Crippen molar-refractivity contribution in [3.8, 4) is 0 Å². The first kappa shape index (κ1) is 23.4. The standard InChI is InChI=1S/C18H25N3O2.2ClH/c1-18(2,3)14-7-5-13(6-8-14)11-23-17(22)16(19-4)9-15-10-20-12-21-15;;/h5-8,10,12,16,19H,9,11H2,1-4H3,(H,20,21);2*1H/t16-;;/m0../s1. The van der Waals surface area contributed by atoms with Gasteiger partial charge in [-0.05, 0) is 23.6 Å². The Hall–Kier alpha value is -1.56. The van der Waals surface area contributed by atoms with Crippen molar-refractivity contribution in [3.63, 3.8) is 0 Å². The first-order chi connectivity index (χ1) is 10.9. The van der Waals surface area contributed by atoms with Gasteiger partial charge in [-0.15, -0.1) is 24.8 Å². The maximum atomic E-state index is 12.2. The van der Waals surface area contributed by atoms with Crippen LogP contribution in [0.4, 0.5) is 0 Å². The molecule has 1 atom stereocenters. The molecule has 0 fully saturated rings. The normalized spacial score (nSPS) is 11.8. The molecule has 0 bridgehead atoms. The Morgan fingerprint density at radius 1 is 1.24 bits per heavy atom. The number of esters is 1. The molecule has 1 aromatic heterocycles. The molecule has 0 spiro atoms. The number of imidazole rings is 1. The quantitative estimate of drug-likeness (QED) is 0.745. The van der Waals surface area contributed by atoms with Crippen molar-refractivity contribution >= 4 is 30.8 Å². The molecule has 1 aromatic carbocycles. The van der Waals surface area contributed by atoms with E-state index in [-0.39, 0.29) is 42.8 Å². The van der Waals surface area contributed by atoms with Gasteiger partial charge in [0, 0.05) is 12.6 Å². The first-order valence-electron chi connectivity index (χ1n) is 7.81. The molecule has 0 saturated carbocycles. The highest BCUT2D eigenvalue weighted by molar-refractivity contribution is 5.85. The Labute approximate surface area is 161 Å². The van der Waals surface area contributed by atoms with E-state index in [9.17, 15) is 4.79 Å². The lowest BCUT2D eigenvalue weighted by molar-refractivity contribution is -0.147. The number of aromatic nitrogens is 2. The summed E-state index contributed by atoms with van der Waals surface area (Å²) in [4.78, 5) is 19.2. The number of nitrogens with zero attached hydrogens (tertiary/aromatic N) is 1. The summed E-state index contributed by atoms with van der Waals surface area (Å²) in [6.45, 7) is 6.81. The monoisotopic (exact) mass is 387 g/mol. The van der Waals surface area contributed by atoms with Gasteiger partial charge in [0.15, 0.2) is 0 Å². The highest BCUT2D eigenvalue weighted by Gasteiger charge is 2.19. The fraction of sp³-hybridized carbons (Fsp3) is 0.444. The van der Waals surface area contributed by atoms with Crippen LogP contribution in [0.25, 0.3) is 0 Å². The molecule has 140 valence electrons. The maximum absolute atomic E-state index is 12.2. The van der Waals surface area contributed by atoms with E-state index in [0.717, 1.165) is 11.3 Å². The molecular formula is C18H27Cl2N3O2. The maximum Gasteiger partial charge on any atom is 0.323 e. The van der Waals surface area contributed by atoms with Crippen molar-refractivity contribution in [2.45, 2.75) is 45.3 Å². The third-order valence-corrected chi connectivity index (χ3v) is 3.80. The molecule has 0 saturated heterocycles. The Morgan fingerprint density at radius 3 is 2.36 bits per heavy atom. The Morgan fingerprint density at radius 2 is 1.88 bits per heavy atom. The van der Waals surface area contributed by atoms with Crippen LogP contribution in [0.5, 0.6) is 0 Å². The van der Waals surface area contributed by atoms with Gasteiger partial charge in [0.2, 0.25) is 0 Å². The van der Waals surface area contributed by atoms with Crippen molar-refractivity contribution < 1.29 is 9.53 Å². The van der Waals surface area contributed by atoms with Crippen molar-refractivity contribution in [1.82, 2.24) is 15.3 Å². The van der Waals surface area contributed by atoms with E-state index >= 15 is 0 Å². The van der Waals surface area contributed by atoms with Crippen LogP contribution < -0.4 is 5.32 Å². The van der Waals surface area contributed by atoms with Crippen LogP contribution in [0.1, 0.15) is 37.6 Å². The molecule has 0 unspecified atom stereocenters. The minimum Gasteiger partial charge on any atom is -0.460 e. The Bertz CT molecular complexity index is 623. The lowest BCUT2D eigenvalue weighted by Gasteiger charge is -2.19. The Balaban J connectivity index is 0.00000288. The SMILES string of the molecule is CN[C@@H](Cc1c[nH]cn1)C(=O)OCc1ccc(C(C)(C)C)cc1.Cl.Cl. The second-order valence-corrected chi connectivity index (χ2v) is 6.66. The molecule has 0 aliphatic carbocycles. The second kappa shape index (κ2) is 10.4. The van der Waals surface area contributed by atoms with E-state index in [1.54, 1.807) is 19.6 Å². The number of carbonyl (C=O) groups is 1. The smallest absolute Gasteiger partial charge is 0.323 e. The highest BCUT2D eigenvalue weighted by atomic mass is 35.5. The summed E-state index contributed by atoms with van der Waals surface area (Å²) in [5.41, 5.74) is 3.20. The molecule has 2 rings (SSSR count). The zero-order valence-electron chi connectivity index (χ0n) is 15.0. The fourth-order valence-corrected chi connectivity index (χ4v) is 2.27. The van der Waals surface area contributed by atoms with Crippen molar-refractivity contribution in [2.24, 2.45) is 0 Å². The van der Waals surface area contributed by atoms with Crippen LogP contribution in [0, 0.1) is 0 Å². The molecule has 7 heteroatoms. The predicted octanol–water partition coefficient (Wildman–Crippen LogP) is 3.42. The average Bonchev–Trinajstić information content (AvgIpc) is 3.03. The van der Waals surface area contributed by atoms with Gasteiger partial charge in [0.05, 0.1) is 12.0 Å². The third kappa shape index (κ3) is 7.06.